The normalized spacial score (nSPS) is 14.9. The zero-order valence-electron chi connectivity index (χ0n) is 10.5. The lowest BCUT2D eigenvalue weighted by Gasteiger charge is -2.17. The summed E-state index contributed by atoms with van der Waals surface area (Å²) in [6.45, 7) is 5.12. The minimum absolute atomic E-state index is 0.0469. The maximum absolute atomic E-state index is 12.6. The van der Waals surface area contributed by atoms with E-state index in [-0.39, 0.29) is 5.69 Å². The van der Waals surface area contributed by atoms with E-state index < -0.39 is 33.0 Å². The van der Waals surface area contributed by atoms with Crippen molar-refractivity contribution in [3.05, 3.63) is 28.5 Å². The number of alkyl halides is 3. The molecule has 0 bridgehead atoms. The second-order valence-corrected chi connectivity index (χ2v) is 7.00. The van der Waals surface area contributed by atoms with Crippen molar-refractivity contribution in [3.8, 4) is 0 Å². The highest BCUT2D eigenvalue weighted by atomic mass is 35.5. The zero-order chi connectivity index (χ0) is 14.8. The number of halogens is 4. The van der Waals surface area contributed by atoms with Crippen LogP contribution < -0.4 is 0 Å². The second kappa shape index (κ2) is 5.68. The summed E-state index contributed by atoms with van der Waals surface area (Å²) in [5, 5.41) is -0.485. The molecule has 0 aromatic carbocycles. The van der Waals surface area contributed by atoms with Gasteiger partial charge in [0.1, 0.15) is 22.3 Å². The quantitative estimate of drug-likeness (QED) is 0.618. The van der Waals surface area contributed by atoms with Crippen LogP contribution in [0.4, 0.5) is 13.2 Å². The number of rotatable bonds is 2. The van der Waals surface area contributed by atoms with Gasteiger partial charge in [0, 0.05) is 0 Å². The van der Waals surface area contributed by atoms with Crippen molar-refractivity contribution in [2.45, 2.75) is 31.7 Å². The first kappa shape index (κ1) is 16.3. The van der Waals surface area contributed by atoms with Crippen molar-refractivity contribution < 1.29 is 17.7 Å². The lowest BCUT2D eigenvalue weighted by atomic mass is 10.3. The summed E-state index contributed by atoms with van der Waals surface area (Å²) < 4.78 is 52.4. The third-order valence-corrected chi connectivity index (χ3v) is 3.59. The van der Waals surface area contributed by atoms with E-state index in [9.17, 15) is 17.7 Å². The minimum Gasteiger partial charge on any atom is -0.591 e. The van der Waals surface area contributed by atoms with Crippen LogP contribution in [-0.2, 0) is 17.5 Å². The lowest BCUT2D eigenvalue weighted by Crippen LogP contribution is -2.25. The number of hydrogen-bond donors (Lipinski definition) is 0. The number of hydrogen-bond acceptors (Lipinski definition) is 3. The van der Waals surface area contributed by atoms with Crippen LogP contribution in [0.1, 0.15) is 32.2 Å². The van der Waals surface area contributed by atoms with Crippen molar-refractivity contribution in [2.75, 3.05) is 0 Å². The molecule has 0 aliphatic rings. The molecule has 0 fully saturated rings. The highest BCUT2D eigenvalue weighted by Gasteiger charge is 2.35. The highest BCUT2D eigenvalue weighted by molar-refractivity contribution is 7.91. The molecule has 0 amide bonds. The Morgan fingerprint density at radius 2 is 1.89 bits per heavy atom. The van der Waals surface area contributed by atoms with Crippen LogP contribution in [0.2, 0.25) is 5.02 Å². The molecule has 1 atom stereocenters. The van der Waals surface area contributed by atoms with E-state index in [1.807, 2.05) is 0 Å². The SMILES string of the molecule is CC(C)(C)[S+]([O-])N=Cc1ccc(Cl)c(C(F)(F)F)n1. The summed E-state index contributed by atoms with van der Waals surface area (Å²) in [6.07, 6.45) is -3.59. The summed E-state index contributed by atoms with van der Waals surface area (Å²) in [5.41, 5.74) is -1.23. The molecule has 0 spiro atoms. The van der Waals surface area contributed by atoms with Gasteiger partial charge in [-0.15, -0.1) is 0 Å². The second-order valence-electron chi connectivity index (χ2n) is 4.66. The fraction of sp³-hybridized carbons (Fsp3) is 0.455. The van der Waals surface area contributed by atoms with E-state index in [1.54, 1.807) is 20.8 Å². The molecule has 0 aliphatic carbocycles. The monoisotopic (exact) mass is 312 g/mol. The van der Waals surface area contributed by atoms with Gasteiger partial charge in [-0.3, -0.25) is 0 Å². The topological polar surface area (TPSA) is 48.3 Å². The van der Waals surface area contributed by atoms with Crippen molar-refractivity contribution in [1.82, 2.24) is 4.98 Å². The standard InChI is InChI=1S/C11H12ClF3N2OS/c1-10(2,3)19(18)16-6-7-4-5-8(12)9(17-7)11(13,14)15/h4-6H,1-3H3. The van der Waals surface area contributed by atoms with Crippen LogP contribution in [0, 0.1) is 0 Å². The molecule has 1 unspecified atom stereocenters. The molecular formula is C11H12ClF3N2OS. The third-order valence-electron chi connectivity index (χ3n) is 1.94. The molecule has 0 saturated carbocycles. The Kier molecular flexibility index (Phi) is 4.86. The van der Waals surface area contributed by atoms with Crippen molar-refractivity contribution in [3.63, 3.8) is 0 Å². The molecular weight excluding hydrogens is 301 g/mol. The molecule has 0 radical (unpaired) electrons. The Hall–Kier alpha value is -0.790. The summed E-state index contributed by atoms with van der Waals surface area (Å²) in [4.78, 5) is 3.36. The molecule has 106 valence electrons. The summed E-state index contributed by atoms with van der Waals surface area (Å²) in [6, 6.07) is 2.36. The van der Waals surface area contributed by atoms with E-state index in [1.165, 1.54) is 6.07 Å². The van der Waals surface area contributed by atoms with Crippen LogP contribution in [0.5, 0.6) is 0 Å². The minimum atomic E-state index is -4.63. The van der Waals surface area contributed by atoms with Crippen molar-refractivity contribution in [2.24, 2.45) is 4.40 Å². The Morgan fingerprint density at radius 1 is 1.32 bits per heavy atom. The van der Waals surface area contributed by atoms with Gasteiger partial charge in [0.15, 0.2) is 5.69 Å². The summed E-state index contributed by atoms with van der Waals surface area (Å²) >= 11 is 3.87. The molecule has 8 heteroatoms. The van der Waals surface area contributed by atoms with Gasteiger partial charge in [-0.05, 0) is 32.9 Å². The van der Waals surface area contributed by atoms with Gasteiger partial charge in [-0.2, -0.15) is 13.2 Å². The average Bonchev–Trinajstić information content (AvgIpc) is 2.24. The molecule has 0 saturated heterocycles. The average molecular weight is 313 g/mol. The number of pyridine rings is 1. The molecule has 1 aromatic rings. The maximum Gasteiger partial charge on any atom is 0.434 e. The molecule has 1 heterocycles. The fourth-order valence-corrected chi connectivity index (χ4v) is 1.72. The predicted molar refractivity (Wildman–Crippen MR) is 69.7 cm³/mol. The maximum atomic E-state index is 12.6. The fourth-order valence-electron chi connectivity index (χ4n) is 0.988. The largest absolute Gasteiger partial charge is 0.591 e. The predicted octanol–water partition coefficient (Wildman–Crippen LogP) is 3.63. The zero-order valence-corrected chi connectivity index (χ0v) is 12.0. The summed E-state index contributed by atoms with van der Waals surface area (Å²) in [5.74, 6) is 0. The van der Waals surface area contributed by atoms with E-state index in [4.69, 9.17) is 11.6 Å². The van der Waals surface area contributed by atoms with Crippen LogP contribution in [0.25, 0.3) is 0 Å². The third kappa shape index (κ3) is 4.67. The first-order chi connectivity index (χ1) is 8.51. The van der Waals surface area contributed by atoms with Gasteiger partial charge in [-0.25, -0.2) is 4.98 Å². The van der Waals surface area contributed by atoms with E-state index in [2.05, 4.69) is 9.38 Å². The summed E-state index contributed by atoms with van der Waals surface area (Å²) in [7, 11) is 0. The van der Waals surface area contributed by atoms with Gasteiger partial charge in [-0.1, -0.05) is 16.0 Å². The molecule has 19 heavy (non-hydrogen) atoms. The Labute approximate surface area is 117 Å². The highest BCUT2D eigenvalue weighted by Crippen LogP contribution is 2.32. The van der Waals surface area contributed by atoms with Gasteiger partial charge < -0.3 is 4.55 Å². The molecule has 1 rings (SSSR count). The first-order valence-electron chi connectivity index (χ1n) is 5.21. The van der Waals surface area contributed by atoms with Crippen molar-refractivity contribution >= 4 is 29.2 Å². The Morgan fingerprint density at radius 3 is 2.37 bits per heavy atom. The van der Waals surface area contributed by atoms with Gasteiger partial charge >= 0.3 is 6.18 Å². The molecule has 1 aromatic heterocycles. The molecule has 0 N–H and O–H groups in total. The van der Waals surface area contributed by atoms with Crippen molar-refractivity contribution in [1.29, 1.82) is 0 Å². The lowest BCUT2D eigenvalue weighted by molar-refractivity contribution is -0.141. The van der Waals surface area contributed by atoms with Crippen LogP contribution >= 0.6 is 11.6 Å². The molecule has 0 aliphatic heterocycles. The van der Waals surface area contributed by atoms with E-state index in [0.29, 0.717) is 0 Å². The number of aromatic nitrogens is 1. The van der Waals surface area contributed by atoms with Gasteiger partial charge in [0.2, 0.25) is 0 Å². The molecule has 3 nitrogen and oxygen atoms in total. The van der Waals surface area contributed by atoms with Crippen LogP contribution in [-0.4, -0.2) is 20.5 Å². The Bertz CT molecular complexity index is 486. The number of nitrogens with zero attached hydrogens (tertiary/aromatic N) is 2. The van der Waals surface area contributed by atoms with Gasteiger partial charge in [0.05, 0.1) is 10.7 Å². The first-order valence-corrected chi connectivity index (χ1v) is 6.70. The van der Waals surface area contributed by atoms with Crippen LogP contribution in [0.15, 0.2) is 16.5 Å². The van der Waals surface area contributed by atoms with E-state index in [0.717, 1.165) is 12.3 Å². The van der Waals surface area contributed by atoms with E-state index >= 15 is 0 Å². The van der Waals surface area contributed by atoms with Crippen LogP contribution in [0.3, 0.4) is 0 Å². The Balaban J connectivity index is 3.02. The van der Waals surface area contributed by atoms with Gasteiger partial charge in [0.25, 0.3) is 0 Å². The smallest absolute Gasteiger partial charge is 0.434 e.